The molecule has 3 rings (SSSR count). The number of nitrogens with zero attached hydrogens (tertiary/aromatic N) is 2. The molecule has 3 N–H and O–H groups in total. The Labute approximate surface area is 182 Å². The van der Waals surface area contributed by atoms with Crippen molar-refractivity contribution in [1.82, 2.24) is 5.43 Å². The number of fused-ring (bicyclic) bond motifs is 1. The maximum atomic E-state index is 12.4. The van der Waals surface area contributed by atoms with Crippen LogP contribution in [0.3, 0.4) is 0 Å². The highest BCUT2D eigenvalue weighted by Gasteiger charge is 2.15. The van der Waals surface area contributed by atoms with Gasteiger partial charge in [-0.2, -0.15) is 5.10 Å². The smallest absolute Gasteiger partial charge is 0.275 e. The van der Waals surface area contributed by atoms with E-state index < -0.39 is 16.7 Å². The van der Waals surface area contributed by atoms with Crippen molar-refractivity contribution in [2.75, 3.05) is 12.4 Å². The Balaban J connectivity index is 1.64. The Kier molecular flexibility index (Phi) is 6.64. The van der Waals surface area contributed by atoms with Crippen LogP contribution in [0.1, 0.15) is 23.7 Å². The number of carbonyl (C=O) groups is 2. The summed E-state index contributed by atoms with van der Waals surface area (Å²) < 4.78 is 5.08. The van der Waals surface area contributed by atoms with Crippen molar-refractivity contribution >= 4 is 39.7 Å². The highest BCUT2D eigenvalue weighted by atomic mass is 16.6. The summed E-state index contributed by atoms with van der Waals surface area (Å²) in [5.41, 5.74) is 2.78. The minimum absolute atomic E-state index is 0.0558. The van der Waals surface area contributed by atoms with Crippen LogP contribution in [-0.4, -0.2) is 34.7 Å². The van der Waals surface area contributed by atoms with E-state index >= 15 is 0 Å². The Hall–Kier alpha value is -4.47. The number of methoxy groups -OCH3 is 1. The van der Waals surface area contributed by atoms with Crippen molar-refractivity contribution in [3.63, 3.8) is 0 Å². The van der Waals surface area contributed by atoms with Crippen LogP contribution >= 0.6 is 0 Å². The van der Waals surface area contributed by atoms with Gasteiger partial charge in [0, 0.05) is 11.8 Å². The minimum Gasteiger partial charge on any atom is -0.507 e. The zero-order valence-electron chi connectivity index (χ0n) is 17.3. The number of benzene rings is 3. The molecule has 0 saturated carbocycles. The lowest BCUT2D eigenvalue weighted by atomic mass is 10.1. The summed E-state index contributed by atoms with van der Waals surface area (Å²) in [6, 6.07) is 14.1. The summed E-state index contributed by atoms with van der Waals surface area (Å²) in [5, 5.41) is 29.1. The Morgan fingerprint density at radius 3 is 2.47 bits per heavy atom. The van der Waals surface area contributed by atoms with Crippen molar-refractivity contribution in [3.05, 3.63) is 70.3 Å². The van der Waals surface area contributed by atoms with E-state index in [4.69, 9.17) is 4.74 Å². The molecule has 2 amide bonds. The van der Waals surface area contributed by atoms with E-state index in [1.165, 1.54) is 31.4 Å². The molecule has 164 valence electrons. The van der Waals surface area contributed by atoms with Gasteiger partial charge >= 0.3 is 0 Å². The molecule has 10 nitrogen and oxygen atoms in total. The molecular weight excluding hydrogens is 416 g/mol. The number of amides is 2. The van der Waals surface area contributed by atoms with Gasteiger partial charge in [-0.1, -0.05) is 24.3 Å². The molecule has 0 aromatic heterocycles. The second-order valence-corrected chi connectivity index (χ2v) is 6.87. The number of nitro benzene ring substituents is 1. The average Bonchev–Trinajstić information content (AvgIpc) is 2.77. The number of hydrazone groups is 1. The van der Waals surface area contributed by atoms with Gasteiger partial charge in [0.25, 0.3) is 11.6 Å². The van der Waals surface area contributed by atoms with Gasteiger partial charge in [0.05, 0.1) is 35.8 Å². The standard InChI is InChI=1S/C22H20N4O6/c1-13(9-21(28)23-18-8-7-16(26(30)31)12-20(18)32-2)24-25-22(29)17-10-14-5-3-4-6-15(14)11-19(17)27/h3-8,10-12,27H,9H2,1-2H3,(H,23,28)(H,25,29). The molecule has 0 spiro atoms. The third-order valence-corrected chi connectivity index (χ3v) is 4.54. The zero-order valence-corrected chi connectivity index (χ0v) is 17.3. The van der Waals surface area contributed by atoms with Crippen LogP contribution in [0.2, 0.25) is 0 Å². The first kappa shape index (κ1) is 22.2. The largest absolute Gasteiger partial charge is 0.507 e. The lowest BCUT2D eigenvalue weighted by Gasteiger charge is -2.10. The number of nitro groups is 1. The molecule has 0 radical (unpaired) electrons. The number of hydrogen-bond donors (Lipinski definition) is 3. The summed E-state index contributed by atoms with van der Waals surface area (Å²) in [4.78, 5) is 35.0. The molecule has 0 aliphatic rings. The number of ether oxygens (including phenoxy) is 1. The minimum atomic E-state index is -0.620. The molecule has 0 fully saturated rings. The van der Waals surface area contributed by atoms with Crippen LogP contribution in [0.5, 0.6) is 11.5 Å². The molecule has 10 heteroatoms. The van der Waals surface area contributed by atoms with Crippen molar-refractivity contribution in [2.45, 2.75) is 13.3 Å². The molecule has 0 heterocycles. The first-order valence-electron chi connectivity index (χ1n) is 9.46. The van der Waals surface area contributed by atoms with Gasteiger partial charge in [-0.25, -0.2) is 5.43 Å². The van der Waals surface area contributed by atoms with E-state index in [0.29, 0.717) is 5.71 Å². The topological polar surface area (TPSA) is 143 Å². The van der Waals surface area contributed by atoms with E-state index in [1.54, 1.807) is 13.0 Å². The number of non-ortho nitro benzene ring substituents is 1. The molecule has 0 aliphatic carbocycles. The van der Waals surface area contributed by atoms with Crippen molar-refractivity contribution < 1.29 is 24.4 Å². The fraction of sp³-hybridized carbons (Fsp3) is 0.136. The summed E-state index contributed by atoms with van der Waals surface area (Å²) >= 11 is 0. The van der Waals surface area contributed by atoms with Crippen LogP contribution in [0.4, 0.5) is 11.4 Å². The Bertz CT molecular complexity index is 1240. The molecule has 0 saturated heterocycles. The maximum absolute atomic E-state index is 12.4. The third-order valence-electron chi connectivity index (χ3n) is 4.54. The number of phenolic OH excluding ortho intramolecular Hbond substituents is 1. The van der Waals surface area contributed by atoms with E-state index in [9.17, 15) is 24.8 Å². The van der Waals surface area contributed by atoms with E-state index in [2.05, 4.69) is 15.8 Å². The molecular formula is C22H20N4O6. The molecule has 0 atom stereocenters. The fourth-order valence-corrected chi connectivity index (χ4v) is 2.98. The van der Waals surface area contributed by atoms with E-state index in [0.717, 1.165) is 10.8 Å². The molecule has 3 aromatic rings. The number of nitrogens with one attached hydrogen (secondary N) is 2. The number of carbonyl (C=O) groups excluding carboxylic acids is 2. The first-order valence-corrected chi connectivity index (χ1v) is 9.46. The van der Waals surface area contributed by atoms with E-state index in [1.807, 2.05) is 24.3 Å². The quantitative estimate of drug-likeness (QED) is 0.293. The summed E-state index contributed by atoms with van der Waals surface area (Å²) in [6.07, 6.45) is -0.149. The maximum Gasteiger partial charge on any atom is 0.275 e. The lowest BCUT2D eigenvalue weighted by molar-refractivity contribution is -0.384. The monoisotopic (exact) mass is 436 g/mol. The van der Waals surface area contributed by atoms with Crippen LogP contribution in [-0.2, 0) is 4.79 Å². The average molecular weight is 436 g/mol. The number of aromatic hydroxyl groups is 1. The number of hydrogen-bond acceptors (Lipinski definition) is 7. The van der Waals surface area contributed by atoms with Crippen molar-refractivity contribution in [1.29, 1.82) is 0 Å². The fourth-order valence-electron chi connectivity index (χ4n) is 2.98. The summed E-state index contributed by atoms with van der Waals surface area (Å²) in [6.45, 7) is 1.55. The van der Waals surface area contributed by atoms with Gasteiger partial charge in [0.2, 0.25) is 5.91 Å². The lowest BCUT2D eigenvalue weighted by Crippen LogP contribution is -2.21. The molecule has 0 unspecified atom stereocenters. The van der Waals surface area contributed by atoms with E-state index in [-0.39, 0.29) is 34.9 Å². The van der Waals surface area contributed by atoms with Gasteiger partial charge in [0.15, 0.2) is 0 Å². The highest BCUT2D eigenvalue weighted by molar-refractivity contribution is 6.07. The van der Waals surface area contributed by atoms with Gasteiger partial charge < -0.3 is 15.2 Å². The van der Waals surface area contributed by atoms with Crippen LogP contribution < -0.4 is 15.5 Å². The van der Waals surface area contributed by atoms with Crippen molar-refractivity contribution in [3.8, 4) is 11.5 Å². The number of anilines is 1. The second kappa shape index (κ2) is 9.56. The third kappa shape index (κ3) is 5.17. The number of rotatable bonds is 7. The van der Waals surface area contributed by atoms with Gasteiger partial charge in [0.1, 0.15) is 11.5 Å². The predicted molar refractivity (Wildman–Crippen MR) is 119 cm³/mol. The SMILES string of the molecule is COc1cc([N+](=O)[O-])ccc1NC(=O)CC(C)=NNC(=O)c1cc2ccccc2cc1O. The Morgan fingerprint density at radius 2 is 1.81 bits per heavy atom. The molecule has 0 aliphatic heterocycles. The summed E-state index contributed by atoms with van der Waals surface area (Å²) in [7, 11) is 1.33. The first-order chi connectivity index (χ1) is 15.3. The normalized spacial score (nSPS) is 11.1. The van der Waals surface area contributed by atoms with Crippen LogP contribution in [0.25, 0.3) is 10.8 Å². The summed E-state index contributed by atoms with van der Waals surface area (Å²) in [5.74, 6) is -1.12. The second-order valence-electron chi connectivity index (χ2n) is 6.87. The zero-order chi connectivity index (χ0) is 23.3. The van der Waals surface area contributed by atoms with Gasteiger partial charge in [-0.05, 0) is 35.9 Å². The highest BCUT2D eigenvalue weighted by Crippen LogP contribution is 2.29. The molecule has 32 heavy (non-hydrogen) atoms. The van der Waals surface area contributed by atoms with Gasteiger partial charge in [-0.15, -0.1) is 0 Å². The number of phenols is 1. The van der Waals surface area contributed by atoms with Crippen LogP contribution in [0, 0.1) is 10.1 Å². The van der Waals surface area contributed by atoms with Crippen LogP contribution in [0.15, 0.2) is 59.7 Å². The molecule has 0 bridgehead atoms. The van der Waals surface area contributed by atoms with Gasteiger partial charge in [-0.3, -0.25) is 19.7 Å². The van der Waals surface area contributed by atoms with Crippen molar-refractivity contribution in [2.24, 2.45) is 5.10 Å². The predicted octanol–water partition coefficient (Wildman–Crippen LogP) is 3.60. The molecule has 3 aromatic carbocycles. The Morgan fingerprint density at radius 1 is 1.12 bits per heavy atom.